The SMILES string of the molecule is COC(=O)[C@]12CCCN[C@H]1CCC2. The fourth-order valence-corrected chi connectivity index (χ4v) is 2.90. The first-order valence-corrected chi connectivity index (χ1v) is 5.11. The Morgan fingerprint density at radius 2 is 2.23 bits per heavy atom. The molecular formula is C10H17NO2. The second-order valence-corrected chi connectivity index (χ2v) is 4.15. The van der Waals surface area contributed by atoms with Crippen LogP contribution in [0.4, 0.5) is 0 Å². The number of rotatable bonds is 1. The summed E-state index contributed by atoms with van der Waals surface area (Å²) >= 11 is 0. The molecule has 1 heterocycles. The lowest BCUT2D eigenvalue weighted by Gasteiger charge is -2.37. The van der Waals surface area contributed by atoms with Gasteiger partial charge < -0.3 is 10.1 Å². The Labute approximate surface area is 78.8 Å². The first-order valence-electron chi connectivity index (χ1n) is 5.11. The van der Waals surface area contributed by atoms with Crippen LogP contribution in [0.1, 0.15) is 32.1 Å². The van der Waals surface area contributed by atoms with Crippen LogP contribution >= 0.6 is 0 Å². The maximum atomic E-state index is 11.7. The van der Waals surface area contributed by atoms with Gasteiger partial charge in [0, 0.05) is 6.04 Å². The van der Waals surface area contributed by atoms with E-state index in [9.17, 15) is 4.79 Å². The average Bonchev–Trinajstić information content (AvgIpc) is 2.61. The zero-order valence-corrected chi connectivity index (χ0v) is 8.14. The van der Waals surface area contributed by atoms with Crippen LogP contribution in [-0.2, 0) is 9.53 Å². The third-order valence-corrected chi connectivity index (χ3v) is 3.57. The largest absolute Gasteiger partial charge is 0.469 e. The van der Waals surface area contributed by atoms with Crippen molar-refractivity contribution in [3.05, 3.63) is 0 Å². The second kappa shape index (κ2) is 3.29. The smallest absolute Gasteiger partial charge is 0.313 e. The predicted octanol–water partition coefficient (Wildman–Crippen LogP) is 1.08. The minimum Gasteiger partial charge on any atom is -0.469 e. The van der Waals surface area contributed by atoms with E-state index < -0.39 is 0 Å². The number of carbonyl (C=O) groups excluding carboxylic acids is 1. The van der Waals surface area contributed by atoms with Gasteiger partial charge in [-0.25, -0.2) is 0 Å². The van der Waals surface area contributed by atoms with E-state index in [0.717, 1.165) is 38.6 Å². The molecule has 2 aliphatic rings. The number of esters is 1. The molecule has 1 aliphatic carbocycles. The van der Waals surface area contributed by atoms with Crippen molar-refractivity contribution in [3.8, 4) is 0 Å². The molecule has 1 saturated heterocycles. The molecule has 0 radical (unpaired) electrons. The lowest BCUT2D eigenvalue weighted by atomic mass is 9.76. The summed E-state index contributed by atoms with van der Waals surface area (Å²) in [5.74, 6) is 0.00204. The molecule has 0 aromatic heterocycles. The second-order valence-electron chi connectivity index (χ2n) is 4.15. The monoisotopic (exact) mass is 183 g/mol. The highest BCUT2D eigenvalue weighted by molar-refractivity contribution is 5.78. The normalized spacial score (nSPS) is 38.4. The van der Waals surface area contributed by atoms with Crippen LogP contribution in [0.5, 0.6) is 0 Å². The average molecular weight is 183 g/mol. The molecule has 1 aliphatic heterocycles. The van der Waals surface area contributed by atoms with Crippen LogP contribution in [0, 0.1) is 5.41 Å². The lowest BCUT2D eigenvalue weighted by Crippen LogP contribution is -2.51. The van der Waals surface area contributed by atoms with Crippen LogP contribution in [-0.4, -0.2) is 25.7 Å². The minimum atomic E-state index is -0.174. The number of nitrogens with one attached hydrogen (secondary N) is 1. The summed E-state index contributed by atoms with van der Waals surface area (Å²) in [5.41, 5.74) is -0.174. The van der Waals surface area contributed by atoms with E-state index in [4.69, 9.17) is 4.74 Å². The van der Waals surface area contributed by atoms with Crippen LogP contribution in [0.3, 0.4) is 0 Å². The Hall–Kier alpha value is -0.570. The summed E-state index contributed by atoms with van der Waals surface area (Å²) in [4.78, 5) is 11.7. The van der Waals surface area contributed by atoms with Crippen LogP contribution in [0.2, 0.25) is 0 Å². The van der Waals surface area contributed by atoms with Gasteiger partial charge in [0.15, 0.2) is 0 Å². The number of fused-ring (bicyclic) bond motifs is 1. The quantitative estimate of drug-likeness (QED) is 0.618. The van der Waals surface area contributed by atoms with E-state index in [1.54, 1.807) is 0 Å². The molecule has 0 amide bonds. The highest BCUT2D eigenvalue weighted by Crippen LogP contribution is 2.44. The van der Waals surface area contributed by atoms with Crippen molar-refractivity contribution >= 4 is 5.97 Å². The number of ether oxygens (including phenoxy) is 1. The van der Waals surface area contributed by atoms with E-state index in [1.165, 1.54) is 7.11 Å². The first-order chi connectivity index (χ1) is 6.29. The Balaban J connectivity index is 2.20. The van der Waals surface area contributed by atoms with Gasteiger partial charge >= 0.3 is 5.97 Å². The van der Waals surface area contributed by atoms with E-state index in [0.29, 0.717) is 6.04 Å². The summed E-state index contributed by atoms with van der Waals surface area (Å²) in [7, 11) is 1.50. The molecule has 0 unspecified atom stereocenters. The summed E-state index contributed by atoms with van der Waals surface area (Å²) in [6.07, 6.45) is 5.42. The lowest BCUT2D eigenvalue weighted by molar-refractivity contribution is -0.155. The summed E-state index contributed by atoms with van der Waals surface area (Å²) in [6, 6.07) is 0.383. The molecule has 2 rings (SSSR count). The highest BCUT2D eigenvalue weighted by Gasteiger charge is 2.50. The Bertz CT molecular complexity index is 217. The van der Waals surface area contributed by atoms with E-state index in [2.05, 4.69) is 5.32 Å². The Morgan fingerprint density at radius 3 is 3.00 bits per heavy atom. The zero-order chi connectivity index (χ0) is 9.31. The van der Waals surface area contributed by atoms with E-state index in [1.807, 2.05) is 0 Å². The van der Waals surface area contributed by atoms with Gasteiger partial charge in [0.05, 0.1) is 12.5 Å². The number of piperidine rings is 1. The van der Waals surface area contributed by atoms with Crippen molar-refractivity contribution in [2.24, 2.45) is 5.41 Å². The standard InChI is InChI=1S/C10H17NO2/c1-13-9(12)10-5-2-4-8(10)11-7-3-6-10/h8,11H,2-7H2,1H3/t8-,10+/m0/s1. The van der Waals surface area contributed by atoms with Crippen molar-refractivity contribution in [2.45, 2.75) is 38.1 Å². The maximum Gasteiger partial charge on any atom is 0.313 e. The van der Waals surface area contributed by atoms with Crippen LogP contribution in [0.15, 0.2) is 0 Å². The van der Waals surface area contributed by atoms with E-state index in [-0.39, 0.29) is 11.4 Å². The summed E-state index contributed by atoms with van der Waals surface area (Å²) in [5, 5.41) is 3.44. The van der Waals surface area contributed by atoms with Gasteiger partial charge in [-0.05, 0) is 32.2 Å². The molecule has 0 spiro atoms. The molecule has 0 aromatic rings. The minimum absolute atomic E-state index is 0.00204. The highest BCUT2D eigenvalue weighted by atomic mass is 16.5. The van der Waals surface area contributed by atoms with Gasteiger partial charge in [-0.3, -0.25) is 4.79 Å². The maximum absolute atomic E-state index is 11.7. The van der Waals surface area contributed by atoms with Gasteiger partial charge in [-0.15, -0.1) is 0 Å². The van der Waals surface area contributed by atoms with Gasteiger partial charge in [-0.1, -0.05) is 6.42 Å². The fourth-order valence-electron chi connectivity index (χ4n) is 2.90. The molecule has 1 N–H and O–H groups in total. The van der Waals surface area contributed by atoms with Gasteiger partial charge in [0.25, 0.3) is 0 Å². The molecular weight excluding hydrogens is 166 g/mol. The molecule has 74 valence electrons. The van der Waals surface area contributed by atoms with Crippen molar-refractivity contribution in [2.75, 3.05) is 13.7 Å². The molecule has 1 saturated carbocycles. The molecule has 0 bridgehead atoms. The number of hydrogen-bond donors (Lipinski definition) is 1. The van der Waals surface area contributed by atoms with Gasteiger partial charge in [0.2, 0.25) is 0 Å². The van der Waals surface area contributed by atoms with Crippen molar-refractivity contribution in [3.63, 3.8) is 0 Å². The summed E-state index contributed by atoms with van der Waals surface area (Å²) < 4.78 is 4.92. The molecule has 3 nitrogen and oxygen atoms in total. The van der Waals surface area contributed by atoms with Crippen molar-refractivity contribution in [1.82, 2.24) is 5.32 Å². The van der Waals surface area contributed by atoms with Crippen molar-refractivity contribution in [1.29, 1.82) is 0 Å². The molecule has 13 heavy (non-hydrogen) atoms. The zero-order valence-electron chi connectivity index (χ0n) is 8.14. The van der Waals surface area contributed by atoms with Crippen LogP contribution in [0.25, 0.3) is 0 Å². The third kappa shape index (κ3) is 1.26. The molecule has 2 atom stereocenters. The third-order valence-electron chi connectivity index (χ3n) is 3.57. The predicted molar refractivity (Wildman–Crippen MR) is 49.3 cm³/mol. The number of methoxy groups -OCH3 is 1. The summed E-state index contributed by atoms with van der Waals surface area (Å²) in [6.45, 7) is 1.06. The molecule has 3 heteroatoms. The Morgan fingerprint density at radius 1 is 1.46 bits per heavy atom. The Kier molecular flexibility index (Phi) is 2.28. The first kappa shape index (κ1) is 9.00. The number of carbonyl (C=O) groups is 1. The van der Waals surface area contributed by atoms with Crippen molar-refractivity contribution < 1.29 is 9.53 Å². The fraction of sp³-hybridized carbons (Fsp3) is 0.900. The van der Waals surface area contributed by atoms with Gasteiger partial charge in [-0.2, -0.15) is 0 Å². The number of hydrogen-bond acceptors (Lipinski definition) is 3. The molecule has 0 aromatic carbocycles. The van der Waals surface area contributed by atoms with Crippen LogP contribution < -0.4 is 5.32 Å². The molecule has 2 fully saturated rings. The topological polar surface area (TPSA) is 38.3 Å². The van der Waals surface area contributed by atoms with E-state index >= 15 is 0 Å². The van der Waals surface area contributed by atoms with Gasteiger partial charge in [0.1, 0.15) is 0 Å².